The molecule has 0 aromatic rings. The lowest BCUT2D eigenvalue weighted by Crippen LogP contribution is -2.50. The zero-order valence-electron chi connectivity index (χ0n) is 10.7. The summed E-state index contributed by atoms with van der Waals surface area (Å²) in [5, 5.41) is 10.9. The average molecular weight is 275 g/mol. The molecule has 0 aliphatic rings. The molecule has 1 atom stereocenters. The number of nitrogens with zero attached hydrogens (tertiary/aromatic N) is 1. The number of carbonyl (C=O) groups excluding carboxylic acids is 3. The van der Waals surface area contributed by atoms with Crippen LogP contribution in [0.2, 0.25) is 0 Å². The maximum Gasteiger partial charge on any atom is 0.326 e. The van der Waals surface area contributed by atoms with Gasteiger partial charge in [0.25, 0.3) is 0 Å². The lowest BCUT2D eigenvalue weighted by atomic mass is 10.2. The molecule has 0 aliphatic heterocycles. The smallest absolute Gasteiger partial charge is 0.326 e. The molecule has 9 nitrogen and oxygen atoms in total. The van der Waals surface area contributed by atoms with Crippen LogP contribution in [0.5, 0.6) is 0 Å². The minimum Gasteiger partial charge on any atom is -0.480 e. The molecule has 0 heterocycles. The molecule has 0 aromatic carbocycles. The standard InChI is InChI=1S/C10H17N3O6/c1-3-13(5-8(15)19-2)10(18)12-6(9(16)17)4-7(11)14/h6H,3-5H2,1-2H3,(H2,11,14)(H,12,18)(H,16,17)/t6-/m0/s1. The summed E-state index contributed by atoms with van der Waals surface area (Å²) in [6.45, 7) is 1.46. The maximum absolute atomic E-state index is 11.7. The summed E-state index contributed by atoms with van der Waals surface area (Å²) in [5.41, 5.74) is 4.88. The third-order valence-electron chi connectivity index (χ3n) is 2.22. The molecule has 4 N–H and O–H groups in total. The van der Waals surface area contributed by atoms with Crippen LogP contribution in [0, 0.1) is 0 Å². The van der Waals surface area contributed by atoms with E-state index in [9.17, 15) is 19.2 Å². The Bertz CT molecular complexity index is 370. The third kappa shape index (κ3) is 6.24. The van der Waals surface area contributed by atoms with Crippen LogP contribution < -0.4 is 11.1 Å². The Morgan fingerprint density at radius 1 is 1.37 bits per heavy atom. The first-order chi connectivity index (χ1) is 8.81. The summed E-state index contributed by atoms with van der Waals surface area (Å²) in [4.78, 5) is 45.3. The van der Waals surface area contributed by atoms with Gasteiger partial charge in [0, 0.05) is 6.54 Å². The zero-order chi connectivity index (χ0) is 15.0. The highest BCUT2D eigenvalue weighted by Crippen LogP contribution is 1.96. The van der Waals surface area contributed by atoms with Gasteiger partial charge in [0.2, 0.25) is 5.91 Å². The zero-order valence-corrected chi connectivity index (χ0v) is 10.7. The van der Waals surface area contributed by atoms with Gasteiger partial charge in [-0.05, 0) is 6.92 Å². The summed E-state index contributed by atoms with van der Waals surface area (Å²) in [5.74, 6) is -2.89. The number of hydrogen-bond acceptors (Lipinski definition) is 5. The third-order valence-corrected chi connectivity index (χ3v) is 2.22. The lowest BCUT2D eigenvalue weighted by Gasteiger charge is -2.22. The van der Waals surface area contributed by atoms with Crippen molar-refractivity contribution in [2.75, 3.05) is 20.2 Å². The molecule has 0 fully saturated rings. The normalized spacial score (nSPS) is 11.3. The molecule has 108 valence electrons. The number of hydrogen-bond donors (Lipinski definition) is 3. The van der Waals surface area contributed by atoms with Crippen molar-refractivity contribution >= 4 is 23.9 Å². The van der Waals surface area contributed by atoms with Crippen molar-refractivity contribution in [2.45, 2.75) is 19.4 Å². The van der Waals surface area contributed by atoms with Gasteiger partial charge in [-0.3, -0.25) is 9.59 Å². The molecule has 0 spiro atoms. The SMILES string of the molecule is CCN(CC(=O)OC)C(=O)N[C@@H](CC(N)=O)C(=O)O. The van der Waals surface area contributed by atoms with Gasteiger partial charge in [-0.25, -0.2) is 9.59 Å². The van der Waals surface area contributed by atoms with E-state index in [0.29, 0.717) is 0 Å². The Labute approximate surface area is 109 Å². The summed E-state index contributed by atoms with van der Waals surface area (Å²) < 4.78 is 4.40. The van der Waals surface area contributed by atoms with Crippen LogP contribution in [0.1, 0.15) is 13.3 Å². The minimum atomic E-state index is -1.43. The van der Waals surface area contributed by atoms with E-state index in [1.54, 1.807) is 6.92 Å². The summed E-state index contributed by atoms with van der Waals surface area (Å²) in [7, 11) is 1.17. The number of ether oxygens (including phenoxy) is 1. The number of carbonyl (C=O) groups is 4. The molecule has 0 rings (SSSR count). The van der Waals surface area contributed by atoms with Gasteiger partial charge in [0.05, 0.1) is 13.5 Å². The van der Waals surface area contributed by atoms with Crippen molar-refractivity contribution in [3.05, 3.63) is 0 Å². The number of likely N-dealkylation sites (N-methyl/N-ethyl adjacent to an activating group) is 1. The lowest BCUT2D eigenvalue weighted by molar-refractivity contribution is -0.141. The summed E-state index contributed by atoms with van der Waals surface area (Å²) in [6, 6.07) is -2.22. The van der Waals surface area contributed by atoms with Crippen LogP contribution in [0.25, 0.3) is 0 Å². The van der Waals surface area contributed by atoms with E-state index < -0.39 is 36.3 Å². The summed E-state index contributed by atoms with van der Waals surface area (Å²) in [6.07, 6.45) is -0.531. The molecule has 9 heteroatoms. The molecule has 0 unspecified atom stereocenters. The van der Waals surface area contributed by atoms with E-state index in [0.717, 1.165) is 4.90 Å². The number of carboxylic acids is 1. The van der Waals surface area contributed by atoms with Crippen molar-refractivity contribution < 1.29 is 29.0 Å². The average Bonchev–Trinajstić information content (AvgIpc) is 2.33. The first-order valence-corrected chi connectivity index (χ1v) is 5.45. The van der Waals surface area contributed by atoms with E-state index in [1.165, 1.54) is 7.11 Å². The van der Waals surface area contributed by atoms with E-state index in [1.807, 2.05) is 0 Å². The molecule has 0 aliphatic carbocycles. The number of esters is 1. The van der Waals surface area contributed by atoms with Crippen LogP contribution in [0.4, 0.5) is 4.79 Å². The number of primary amides is 1. The van der Waals surface area contributed by atoms with Crippen LogP contribution >= 0.6 is 0 Å². The van der Waals surface area contributed by atoms with E-state index in [4.69, 9.17) is 10.8 Å². The van der Waals surface area contributed by atoms with E-state index in [-0.39, 0.29) is 13.1 Å². The molecule has 0 bridgehead atoms. The molecule has 0 saturated carbocycles. The van der Waals surface area contributed by atoms with Crippen LogP contribution in [0.3, 0.4) is 0 Å². The molecule has 19 heavy (non-hydrogen) atoms. The van der Waals surface area contributed by atoms with Gasteiger partial charge in [-0.2, -0.15) is 0 Å². The quantitative estimate of drug-likeness (QED) is 0.484. The largest absolute Gasteiger partial charge is 0.480 e. The van der Waals surface area contributed by atoms with Crippen LogP contribution in [-0.2, 0) is 19.1 Å². The predicted octanol–water partition coefficient (Wildman–Crippen LogP) is -1.48. The Morgan fingerprint density at radius 3 is 2.32 bits per heavy atom. The number of nitrogens with two attached hydrogens (primary N) is 1. The fourth-order valence-electron chi connectivity index (χ4n) is 1.19. The van der Waals surface area contributed by atoms with Gasteiger partial charge < -0.3 is 25.8 Å². The molecule has 0 radical (unpaired) electrons. The van der Waals surface area contributed by atoms with Crippen molar-refractivity contribution in [3.8, 4) is 0 Å². The fourth-order valence-corrected chi connectivity index (χ4v) is 1.19. The maximum atomic E-state index is 11.7. The number of urea groups is 1. The van der Waals surface area contributed by atoms with E-state index in [2.05, 4.69) is 10.1 Å². The second-order valence-electron chi connectivity index (χ2n) is 3.60. The van der Waals surface area contributed by atoms with Crippen molar-refractivity contribution in [1.82, 2.24) is 10.2 Å². The number of methoxy groups -OCH3 is 1. The Kier molecular flexibility index (Phi) is 6.94. The first kappa shape index (κ1) is 16.7. The topological polar surface area (TPSA) is 139 Å². The van der Waals surface area contributed by atoms with Crippen LogP contribution in [-0.4, -0.2) is 60.1 Å². The number of nitrogens with one attached hydrogen (secondary N) is 1. The predicted molar refractivity (Wildman–Crippen MR) is 63.0 cm³/mol. The fraction of sp³-hybridized carbons (Fsp3) is 0.600. The van der Waals surface area contributed by atoms with Gasteiger partial charge in [-0.1, -0.05) is 0 Å². The molecule has 3 amide bonds. The molecular weight excluding hydrogens is 258 g/mol. The Hall–Kier alpha value is -2.32. The first-order valence-electron chi connectivity index (χ1n) is 5.45. The Balaban J connectivity index is 4.63. The van der Waals surface area contributed by atoms with Crippen molar-refractivity contribution in [1.29, 1.82) is 0 Å². The minimum absolute atomic E-state index is 0.170. The second kappa shape index (κ2) is 7.90. The van der Waals surface area contributed by atoms with Crippen molar-refractivity contribution in [2.24, 2.45) is 5.73 Å². The van der Waals surface area contributed by atoms with Gasteiger partial charge in [0.1, 0.15) is 12.6 Å². The van der Waals surface area contributed by atoms with Gasteiger partial charge >= 0.3 is 18.0 Å². The van der Waals surface area contributed by atoms with Crippen LogP contribution in [0.15, 0.2) is 0 Å². The highest BCUT2D eigenvalue weighted by molar-refractivity contribution is 5.88. The molecule has 0 saturated heterocycles. The highest BCUT2D eigenvalue weighted by atomic mass is 16.5. The summed E-state index contributed by atoms with van der Waals surface area (Å²) >= 11 is 0. The van der Waals surface area contributed by atoms with Crippen molar-refractivity contribution in [3.63, 3.8) is 0 Å². The number of rotatable bonds is 7. The molecule has 0 aromatic heterocycles. The Morgan fingerprint density at radius 2 is 1.95 bits per heavy atom. The van der Waals surface area contributed by atoms with Gasteiger partial charge in [-0.15, -0.1) is 0 Å². The van der Waals surface area contributed by atoms with Gasteiger partial charge in [0.15, 0.2) is 0 Å². The number of amides is 3. The number of carboxylic acid groups (broad SMARTS) is 1. The highest BCUT2D eigenvalue weighted by Gasteiger charge is 2.25. The molecular formula is C10H17N3O6. The number of aliphatic carboxylic acids is 1. The van der Waals surface area contributed by atoms with E-state index >= 15 is 0 Å². The second-order valence-corrected chi connectivity index (χ2v) is 3.60. The monoisotopic (exact) mass is 275 g/mol.